The lowest BCUT2D eigenvalue weighted by atomic mass is 9.96. The van der Waals surface area contributed by atoms with Crippen LogP contribution in [0.1, 0.15) is 57.1 Å². The molecule has 2 atom stereocenters. The van der Waals surface area contributed by atoms with Gasteiger partial charge in [0.05, 0.1) is 0 Å². The quantitative estimate of drug-likeness (QED) is 0.857. The van der Waals surface area contributed by atoms with Gasteiger partial charge in [0.25, 0.3) is 0 Å². The highest BCUT2D eigenvalue weighted by molar-refractivity contribution is 5.27. The number of piperidine rings is 1. The van der Waals surface area contributed by atoms with Crippen LogP contribution in [0.4, 0.5) is 0 Å². The van der Waals surface area contributed by atoms with E-state index in [0.29, 0.717) is 0 Å². The molecule has 1 aromatic carbocycles. The summed E-state index contributed by atoms with van der Waals surface area (Å²) in [4.78, 5) is 2.76. The molecule has 0 amide bonds. The molecule has 2 heterocycles. The van der Waals surface area contributed by atoms with Gasteiger partial charge in [0, 0.05) is 24.7 Å². The summed E-state index contributed by atoms with van der Waals surface area (Å²) in [7, 11) is 0. The largest absolute Gasteiger partial charge is 0.311 e. The first-order valence-electron chi connectivity index (χ1n) is 8.87. The van der Waals surface area contributed by atoms with Crippen LogP contribution in [0.25, 0.3) is 0 Å². The number of rotatable bonds is 6. The van der Waals surface area contributed by atoms with Crippen molar-refractivity contribution < 1.29 is 0 Å². The Morgan fingerprint density at radius 3 is 2.33 bits per heavy atom. The fraction of sp³-hybridized carbons (Fsp3) is 0.684. The van der Waals surface area contributed by atoms with Crippen LogP contribution in [0.2, 0.25) is 0 Å². The van der Waals surface area contributed by atoms with Crippen molar-refractivity contribution in [2.24, 2.45) is 0 Å². The number of aryl methyl sites for hydroxylation is 1. The Morgan fingerprint density at radius 2 is 1.71 bits per heavy atom. The van der Waals surface area contributed by atoms with Crippen molar-refractivity contribution in [3.63, 3.8) is 0 Å². The number of benzene rings is 1. The van der Waals surface area contributed by atoms with Gasteiger partial charge >= 0.3 is 0 Å². The third-order valence-electron chi connectivity index (χ3n) is 5.35. The van der Waals surface area contributed by atoms with Gasteiger partial charge < -0.3 is 5.32 Å². The molecular weight excluding hydrogens is 256 g/mol. The highest BCUT2D eigenvalue weighted by atomic mass is 15.2. The van der Waals surface area contributed by atoms with Gasteiger partial charge in [-0.05, 0) is 56.2 Å². The predicted octanol–water partition coefficient (Wildman–Crippen LogP) is 3.74. The Balaban J connectivity index is 1.72. The molecule has 0 spiro atoms. The third kappa shape index (κ3) is 3.49. The van der Waals surface area contributed by atoms with E-state index in [1.165, 1.54) is 44.2 Å². The van der Waals surface area contributed by atoms with E-state index in [4.69, 9.17) is 0 Å². The minimum absolute atomic E-state index is 0.786. The van der Waals surface area contributed by atoms with Crippen LogP contribution in [-0.4, -0.2) is 29.6 Å². The summed E-state index contributed by atoms with van der Waals surface area (Å²) in [5, 5.41) is 3.78. The minimum atomic E-state index is 0.786. The summed E-state index contributed by atoms with van der Waals surface area (Å²) in [6.45, 7) is 6.96. The fourth-order valence-electron chi connectivity index (χ4n) is 4.28. The van der Waals surface area contributed by atoms with Crippen LogP contribution in [0.5, 0.6) is 0 Å². The van der Waals surface area contributed by atoms with E-state index in [0.717, 1.165) is 31.1 Å². The molecule has 2 unspecified atom stereocenters. The topological polar surface area (TPSA) is 15.3 Å². The Morgan fingerprint density at radius 1 is 1.05 bits per heavy atom. The molecule has 2 fully saturated rings. The molecule has 0 aromatic heterocycles. The van der Waals surface area contributed by atoms with E-state index in [1.807, 2.05) is 0 Å². The van der Waals surface area contributed by atoms with Gasteiger partial charge in [-0.3, -0.25) is 4.90 Å². The van der Waals surface area contributed by atoms with E-state index < -0.39 is 0 Å². The van der Waals surface area contributed by atoms with Crippen LogP contribution < -0.4 is 5.32 Å². The minimum Gasteiger partial charge on any atom is -0.311 e. The first-order valence-corrected chi connectivity index (χ1v) is 8.87. The zero-order chi connectivity index (χ0) is 14.7. The monoisotopic (exact) mass is 286 g/mol. The molecule has 2 saturated heterocycles. The molecule has 1 aromatic rings. The van der Waals surface area contributed by atoms with Crippen molar-refractivity contribution in [2.75, 3.05) is 6.54 Å². The van der Waals surface area contributed by atoms with Gasteiger partial charge in [-0.2, -0.15) is 0 Å². The van der Waals surface area contributed by atoms with Crippen LogP contribution in [-0.2, 0) is 13.0 Å². The van der Waals surface area contributed by atoms with Gasteiger partial charge in [0.2, 0.25) is 0 Å². The van der Waals surface area contributed by atoms with Gasteiger partial charge in [-0.1, -0.05) is 38.1 Å². The lowest BCUT2D eigenvalue weighted by molar-refractivity contribution is 0.133. The number of fused-ring (bicyclic) bond motifs is 2. The second kappa shape index (κ2) is 6.93. The Labute approximate surface area is 129 Å². The summed E-state index contributed by atoms with van der Waals surface area (Å²) in [6, 6.07) is 11.4. The molecule has 3 rings (SSSR count). The summed E-state index contributed by atoms with van der Waals surface area (Å²) < 4.78 is 0. The van der Waals surface area contributed by atoms with Crippen molar-refractivity contribution in [1.29, 1.82) is 0 Å². The average Bonchev–Trinajstić information content (AvgIpc) is 2.85. The van der Waals surface area contributed by atoms with E-state index in [9.17, 15) is 0 Å². The Bertz CT molecular complexity index is 445. The molecule has 2 aliphatic heterocycles. The van der Waals surface area contributed by atoms with Gasteiger partial charge in [-0.15, -0.1) is 0 Å². The van der Waals surface area contributed by atoms with Crippen molar-refractivity contribution in [3.8, 4) is 0 Å². The molecule has 116 valence electrons. The maximum absolute atomic E-state index is 3.78. The normalized spacial score (nSPS) is 28.2. The van der Waals surface area contributed by atoms with Crippen LogP contribution in [0.15, 0.2) is 24.3 Å². The SMILES string of the molecule is CCCN(Cc1ccccc1CC)C1CC2CCC(C1)N2. The van der Waals surface area contributed by atoms with Crippen molar-refractivity contribution in [1.82, 2.24) is 10.2 Å². The number of hydrogen-bond donors (Lipinski definition) is 1. The summed E-state index contributed by atoms with van der Waals surface area (Å²) in [5.74, 6) is 0. The van der Waals surface area contributed by atoms with E-state index in [-0.39, 0.29) is 0 Å². The second-order valence-corrected chi connectivity index (χ2v) is 6.86. The van der Waals surface area contributed by atoms with Crippen molar-refractivity contribution >= 4 is 0 Å². The number of nitrogens with one attached hydrogen (secondary N) is 1. The predicted molar refractivity (Wildman–Crippen MR) is 89.5 cm³/mol. The van der Waals surface area contributed by atoms with Gasteiger partial charge in [0.1, 0.15) is 0 Å². The Kier molecular flexibility index (Phi) is 4.97. The first-order chi connectivity index (χ1) is 10.3. The molecule has 1 N–H and O–H groups in total. The zero-order valence-corrected chi connectivity index (χ0v) is 13.6. The maximum atomic E-state index is 3.78. The highest BCUT2D eigenvalue weighted by Crippen LogP contribution is 2.30. The summed E-state index contributed by atoms with van der Waals surface area (Å²) in [5.41, 5.74) is 3.06. The molecule has 2 aliphatic rings. The maximum Gasteiger partial charge on any atom is 0.0239 e. The van der Waals surface area contributed by atoms with Crippen LogP contribution in [0.3, 0.4) is 0 Å². The lowest BCUT2D eigenvalue weighted by Gasteiger charge is -2.38. The standard InChI is InChI=1S/C19H30N2/c1-3-11-21(14-16-8-6-5-7-15(16)4-2)19-12-17-9-10-18(13-19)20-17/h5-8,17-20H,3-4,9-14H2,1-2H3. The van der Waals surface area contributed by atoms with Crippen molar-refractivity contribution in [2.45, 2.75) is 77.0 Å². The lowest BCUT2D eigenvalue weighted by Crippen LogP contribution is -2.48. The number of nitrogens with zero attached hydrogens (tertiary/aromatic N) is 1. The van der Waals surface area contributed by atoms with Gasteiger partial charge in [-0.25, -0.2) is 0 Å². The van der Waals surface area contributed by atoms with E-state index in [2.05, 4.69) is 48.3 Å². The van der Waals surface area contributed by atoms with Crippen molar-refractivity contribution in [3.05, 3.63) is 35.4 Å². The molecule has 2 heteroatoms. The highest BCUT2D eigenvalue weighted by Gasteiger charge is 2.35. The smallest absolute Gasteiger partial charge is 0.0239 e. The number of hydrogen-bond acceptors (Lipinski definition) is 2. The van der Waals surface area contributed by atoms with E-state index in [1.54, 1.807) is 5.56 Å². The molecular formula is C19H30N2. The van der Waals surface area contributed by atoms with E-state index >= 15 is 0 Å². The Hall–Kier alpha value is -0.860. The summed E-state index contributed by atoms with van der Waals surface area (Å²) >= 11 is 0. The summed E-state index contributed by atoms with van der Waals surface area (Å²) in [6.07, 6.45) is 7.90. The first kappa shape index (κ1) is 15.1. The van der Waals surface area contributed by atoms with Crippen LogP contribution >= 0.6 is 0 Å². The molecule has 21 heavy (non-hydrogen) atoms. The molecule has 0 aliphatic carbocycles. The van der Waals surface area contributed by atoms with Crippen LogP contribution in [0, 0.1) is 0 Å². The fourth-order valence-corrected chi connectivity index (χ4v) is 4.28. The molecule has 0 radical (unpaired) electrons. The zero-order valence-electron chi connectivity index (χ0n) is 13.6. The third-order valence-corrected chi connectivity index (χ3v) is 5.35. The molecule has 0 saturated carbocycles. The molecule has 2 bridgehead atoms. The van der Waals surface area contributed by atoms with Gasteiger partial charge in [0.15, 0.2) is 0 Å². The second-order valence-electron chi connectivity index (χ2n) is 6.86. The average molecular weight is 286 g/mol. The molecule has 2 nitrogen and oxygen atoms in total.